The van der Waals surface area contributed by atoms with Gasteiger partial charge in [-0.05, 0) is 48.9 Å². The smallest absolute Gasteiger partial charge is 0.341 e. The second-order valence-corrected chi connectivity index (χ2v) is 8.75. The molecule has 182 valence electrons. The number of benzene rings is 3. The summed E-state index contributed by atoms with van der Waals surface area (Å²) in [5.41, 5.74) is 2.91. The minimum atomic E-state index is -4.49. The first-order valence-electron chi connectivity index (χ1n) is 11.4. The van der Waals surface area contributed by atoms with E-state index in [0.717, 1.165) is 23.4 Å². The topological polar surface area (TPSA) is 64.0 Å². The molecule has 36 heavy (non-hydrogen) atoms. The maximum absolute atomic E-state index is 13.5. The standard InChI is InChI=1S/C28H22F3N3O2/c1-17-24-22(34(33-17)21-10-6-3-7-11-21)16-23(35)26(32-27(36)19-8-4-2-5-9-19)25(24)18-12-14-20(15-13-18)28(29,30)31/h2-15,25-26H,16H2,1H3,(H,32,36)/t25-,26-/m1/s1. The number of Topliss-reactive ketones (excluding diaryl/α,β-unsaturated/α-hetero) is 1. The van der Waals surface area contributed by atoms with E-state index >= 15 is 0 Å². The number of alkyl halides is 3. The lowest BCUT2D eigenvalue weighted by molar-refractivity contribution is -0.137. The average molecular weight is 489 g/mol. The number of aryl methyl sites for hydroxylation is 1. The number of halogens is 3. The first kappa shape index (κ1) is 23.5. The van der Waals surface area contributed by atoms with Crippen molar-refractivity contribution in [2.45, 2.75) is 31.5 Å². The molecule has 0 saturated carbocycles. The molecule has 0 bridgehead atoms. The fraction of sp³-hybridized carbons (Fsp3) is 0.179. The Morgan fingerprint density at radius 2 is 1.56 bits per heavy atom. The molecule has 1 aliphatic carbocycles. The monoisotopic (exact) mass is 489 g/mol. The number of ketones is 1. The van der Waals surface area contributed by atoms with Crippen LogP contribution in [0.1, 0.15) is 44.4 Å². The van der Waals surface area contributed by atoms with Gasteiger partial charge in [0.2, 0.25) is 0 Å². The van der Waals surface area contributed by atoms with E-state index in [9.17, 15) is 22.8 Å². The lowest BCUT2D eigenvalue weighted by Gasteiger charge is -2.32. The molecule has 4 aromatic rings. The van der Waals surface area contributed by atoms with Gasteiger partial charge in [0.25, 0.3) is 5.91 Å². The molecule has 1 heterocycles. The van der Waals surface area contributed by atoms with Gasteiger partial charge in [0.1, 0.15) is 0 Å². The Morgan fingerprint density at radius 1 is 0.944 bits per heavy atom. The highest BCUT2D eigenvalue weighted by molar-refractivity contribution is 5.99. The molecule has 1 aromatic heterocycles. The highest BCUT2D eigenvalue weighted by Gasteiger charge is 2.42. The molecule has 0 aliphatic heterocycles. The Hall–Kier alpha value is -4.20. The zero-order valence-corrected chi connectivity index (χ0v) is 19.3. The molecular formula is C28H22F3N3O2. The van der Waals surface area contributed by atoms with Crippen molar-refractivity contribution in [3.05, 3.63) is 119 Å². The van der Waals surface area contributed by atoms with Crippen LogP contribution in [0, 0.1) is 6.92 Å². The molecule has 0 saturated heterocycles. The Labute approximate surface area is 205 Å². The molecule has 0 spiro atoms. The third-order valence-electron chi connectivity index (χ3n) is 6.46. The van der Waals surface area contributed by atoms with Gasteiger partial charge in [0.05, 0.1) is 35.1 Å². The summed E-state index contributed by atoms with van der Waals surface area (Å²) in [7, 11) is 0. The maximum atomic E-state index is 13.5. The number of aromatic nitrogens is 2. The van der Waals surface area contributed by atoms with Crippen molar-refractivity contribution < 1.29 is 22.8 Å². The van der Waals surface area contributed by atoms with Crippen LogP contribution in [0.4, 0.5) is 13.2 Å². The number of hydrogen-bond acceptors (Lipinski definition) is 3. The normalized spacial score (nSPS) is 17.5. The van der Waals surface area contributed by atoms with Gasteiger partial charge in [-0.15, -0.1) is 0 Å². The molecule has 8 heteroatoms. The molecule has 1 aliphatic rings. The quantitative estimate of drug-likeness (QED) is 0.426. The zero-order chi connectivity index (χ0) is 25.4. The number of nitrogens with zero attached hydrogens (tertiary/aromatic N) is 2. The van der Waals surface area contributed by atoms with Crippen LogP contribution in [0.2, 0.25) is 0 Å². The molecule has 1 amide bonds. The van der Waals surface area contributed by atoms with Gasteiger partial charge in [0.15, 0.2) is 5.78 Å². The van der Waals surface area contributed by atoms with Crippen molar-refractivity contribution in [2.75, 3.05) is 0 Å². The number of hydrogen-bond donors (Lipinski definition) is 1. The van der Waals surface area contributed by atoms with Crippen molar-refractivity contribution in [1.82, 2.24) is 15.1 Å². The molecule has 0 unspecified atom stereocenters. The molecule has 5 nitrogen and oxygen atoms in total. The lowest BCUT2D eigenvalue weighted by Crippen LogP contribution is -2.48. The summed E-state index contributed by atoms with van der Waals surface area (Å²) in [5.74, 6) is -1.37. The first-order chi connectivity index (χ1) is 17.2. The predicted molar refractivity (Wildman–Crippen MR) is 128 cm³/mol. The Balaban J connectivity index is 1.63. The van der Waals surface area contributed by atoms with E-state index in [4.69, 9.17) is 0 Å². The van der Waals surface area contributed by atoms with Crippen LogP contribution in [-0.4, -0.2) is 27.5 Å². The van der Waals surface area contributed by atoms with Gasteiger partial charge in [0, 0.05) is 17.0 Å². The Morgan fingerprint density at radius 3 is 2.17 bits per heavy atom. The summed E-state index contributed by atoms with van der Waals surface area (Å²) < 4.78 is 41.4. The number of para-hydroxylation sites is 1. The van der Waals surface area contributed by atoms with Crippen molar-refractivity contribution >= 4 is 11.7 Å². The summed E-state index contributed by atoms with van der Waals surface area (Å²) in [4.78, 5) is 26.5. The van der Waals surface area contributed by atoms with Gasteiger partial charge in [-0.25, -0.2) is 4.68 Å². The van der Waals surface area contributed by atoms with Crippen LogP contribution in [0.15, 0.2) is 84.9 Å². The summed E-state index contributed by atoms with van der Waals surface area (Å²) in [6.07, 6.45) is -4.46. The van der Waals surface area contributed by atoms with E-state index in [-0.39, 0.29) is 12.2 Å². The van der Waals surface area contributed by atoms with E-state index < -0.39 is 29.6 Å². The van der Waals surface area contributed by atoms with Crippen molar-refractivity contribution in [3.8, 4) is 5.69 Å². The van der Waals surface area contributed by atoms with E-state index in [0.29, 0.717) is 22.5 Å². The first-order valence-corrected chi connectivity index (χ1v) is 11.4. The highest BCUT2D eigenvalue weighted by atomic mass is 19.4. The number of fused-ring (bicyclic) bond motifs is 1. The van der Waals surface area contributed by atoms with Gasteiger partial charge < -0.3 is 5.32 Å². The second-order valence-electron chi connectivity index (χ2n) is 8.75. The van der Waals surface area contributed by atoms with Crippen molar-refractivity contribution in [1.29, 1.82) is 0 Å². The van der Waals surface area contributed by atoms with Crippen LogP contribution in [0.3, 0.4) is 0 Å². The lowest BCUT2D eigenvalue weighted by atomic mass is 9.76. The highest BCUT2D eigenvalue weighted by Crippen LogP contribution is 2.40. The Kier molecular flexibility index (Phi) is 5.96. The number of nitrogens with one attached hydrogen (secondary N) is 1. The minimum Gasteiger partial charge on any atom is -0.341 e. The number of amides is 1. The van der Waals surface area contributed by atoms with Gasteiger partial charge in [-0.1, -0.05) is 48.5 Å². The van der Waals surface area contributed by atoms with E-state index in [1.54, 1.807) is 41.9 Å². The third kappa shape index (κ3) is 4.30. The predicted octanol–water partition coefficient (Wildman–Crippen LogP) is 5.26. The van der Waals surface area contributed by atoms with Crippen LogP contribution in [0.25, 0.3) is 5.69 Å². The second kappa shape index (κ2) is 9.11. The fourth-order valence-corrected chi connectivity index (χ4v) is 4.79. The number of carbonyl (C=O) groups is 2. The number of rotatable bonds is 4. The van der Waals surface area contributed by atoms with Gasteiger partial charge >= 0.3 is 6.18 Å². The molecule has 2 atom stereocenters. The third-order valence-corrected chi connectivity index (χ3v) is 6.46. The summed E-state index contributed by atoms with van der Waals surface area (Å²) in [6.45, 7) is 1.81. The molecule has 0 fully saturated rings. The molecule has 3 aromatic carbocycles. The molecule has 0 radical (unpaired) electrons. The minimum absolute atomic E-state index is 0.0297. The Bertz CT molecular complexity index is 1410. The average Bonchev–Trinajstić information content (AvgIpc) is 3.20. The van der Waals surface area contributed by atoms with Crippen molar-refractivity contribution in [2.24, 2.45) is 0 Å². The maximum Gasteiger partial charge on any atom is 0.416 e. The SMILES string of the molecule is Cc1nn(-c2ccccc2)c2c1[C@@H](c1ccc(C(F)(F)F)cc1)[C@H](NC(=O)c1ccccc1)C(=O)C2. The zero-order valence-electron chi connectivity index (χ0n) is 19.3. The van der Waals surface area contributed by atoms with Gasteiger partial charge in [-0.3, -0.25) is 9.59 Å². The van der Waals surface area contributed by atoms with E-state index in [1.165, 1.54) is 12.1 Å². The van der Waals surface area contributed by atoms with Crippen molar-refractivity contribution in [3.63, 3.8) is 0 Å². The van der Waals surface area contributed by atoms with E-state index in [2.05, 4.69) is 10.4 Å². The van der Waals surface area contributed by atoms with Crippen LogP contribution in [0.5, 0.6) is 0 Å². The molecule has 1 N–H and O–H groups in total. The molecular weight excluding hydrogens is 467 g/mol. The summed E-state index contributed by atoms with van der Waals surface area (Å²) in [5, 5.41) is 7.52. The van der Waals surface area contributed by atoms with Crippen LogP contribution in [-0.2, 0) is 17.4 Å². The van der Waals surface area contributed by atoms with Crippen LogP contribution < -0.4 is 5.32 Å². The summed E-state index contributed by atoms with van der Waals surface area (Å²) in [6, 6.07) is 21.6. The van der Waals surface area contributed by atoms with E-state index in [1.807, 2.05) is 30.3 Å². The number of carbonyl (C=O) groups excluding carboxylic acids is 2. The molecule has 5 rings (SSSR count). The fourth-order valence-electron chi connectivity index (χ4n) is 4.79. The largest absolute Gasteiger partial charge is 0.416 e. The summed E-state index contributed by atoms with van der Waals surface area (Å²) >= 11 is 0. The van der Waals surface area contributed by atoms with Crippen LogP contribution >= 0.6 is 0 Å². The van der Waals surface area contributed by atoms with Gasteiger partial charge in [-0.2, -0.15) is 18.3 Å².